The largest absolute Gasteiger partial charge is 0.497 e. The highest BCUT2D eigenvalue weighted by Gasteiger charge is 2.07. The van der Waals surface area contributed by atoms with Gasteiger partial charge in [0.2, 0.25) is 5.95 Å². The minimum atomic E-state index is 0.190. The van der Waals surface area contributed by atoms with E-state index in [1.54, 1.807) is 7.11 Å². The lowest BCUT2D eigenvalue weighted by Crippen LogP contribution is -2.03. The number of nitrogens with two attached hydrogens (primary N) is 1. The van der Waals surface area contributed by atoms with Crippen molar-refractivity contribution in [3.63, 3.8) is 0 Å². The van der Waals surface area contributed by atoms with E-state index in [9.17, 15) is 0 Å². The molecule has 2 aromatic rings. The summed E-state index contributed by atoms with van der Waals surface area (Å²) >= 11 is 0. The number of hydrogen-bond acceptors (Lipinski definition) is 6. The van der Waals surface area contributed by atoms with E-state index in [-0.39, 0.29) is 12.6 Å². The normalized spacial score (nSPS) is 12.7. The van der Waals surface area contributed by atoms with Gasteiger partial charge in [-0.1, -0.05) is 19.4 Å². The molecule has 6 heteroatoms. The topological polar surface area (TPSA) is 93.3 Å². The maximum absolute atomic E-state index is 9.11. The Labute approximate surface area is 136 Å². The molecule has 6 nitrogen and oxygen atoms in total. The van der Waals surface area contributed by atoms with Crippen LogP contribution in [0.4, 0.5) is 11.8 Å². The monoisotopic (exact) mass is 316 g/mol. The Bertz CT molecular complexity index is 667. The second kappa shape index (κ2) is 8.33. The average Bonchev–Trinajstić information content (AvgIpc) is 2.54. The van der Waals surface area contributed by atoms with Crippen molar-refractivity contribution < 1.29 is 9.84 Å². The lowest BCUT2D eigenvalue weighted by Gasteiger charge is -2.11. The molecule has 1 atom stereocenters. The summed E-state index contributed by atoms with van der Waals surface area (Å²) in [6.45, 7) is 2.33. The Hall–Kier alpha value is -2.34. The van der Waals surface area contributed by atoms with Crippen molar-refractivity contribution in [3.8, 4) is 5.75 Å². The fraction of sp³-hybridized carbons (Fsp3) is 0.412. The van der Waals surface area contributed by atoms with E-state index in [0.717, 1.165) is 35.9 Å². The van der Waals surface area contributed by atoms with Crippen LogP contribution < -0.4 is 15.8 Å². The fourth-order valence-electron chi connectivity index (χ4n) is 2.50. The van der Waals surface area contributed by atoms with Crippen LogP contribution in [-0.2, 0) is 0 Å². The van der Waals surface area contributed by atoms with Crippen LogP contribution in [0.25, 0.3) is 10.9 Å². The van der Waals surface area contributed by atoms with E-state index >= 15 is 0 Å². The minimum absolute atomic E-state index is 0.190. The highest BCUT2D eigenvalue weighted by molar-refractivity contribution is 5.91. The summed E-state index contributed by atoms with van der Waals surface area (Å²) in [6, 6.07) is 5.57. The van der Waals surface area contributed by atoms with Crippen molar-refractivity contribution in [2.75, 3.05) is 24.8 Å². The van der Waals surface area contributed by atoms with Crippen LogP contribution in [0.15, 0.2) is 30.5 Å². The van der Waals surface area contributed by atoms with E-state index in [1.165, 1.54) is 0 Å². The van der Waals surface area contributed by atoms with Crippen LogP contribution in [0.2, 0.25) is 0 Å². The summed E-state index contributed by atoms with van der Waals surface area (Å²) in [7, 11) is 1.62. The van der Waals surface area contributed by atoms with E-state index in [2.05, 4.69) is 28.3 Å². The van der Waals surface area contributed by atoms with Crippen molar-refractivity contribution in [1.82, 2.24) is 9.97 Å². The number of benzene rings is 1. The molecule has 0 saturated carbocycles. The van der Waals surface area contributed by atoms with Gasteiger partial charge in [0.15, 0.2) is 0 Å². The number of anilines is 2. The highest BCUT2D eigenvalue weighted by Crippen LogP contribution is 2.26. The van der Waals surface area contributed by atoms with Crippen LogP contribution >= 0.6 is 0 Å². The molecular weight excluding hydrogens is 292 g/mol. The van der Waals surface area contributed by atoms with Crippen LogP contribution in [-0.4, -0.2) is 28.8 Å². The highest BCUT2D eigenvalue weighted by atomic mass is 16.5. The molecule has 0 amide bonds. The second-order valence-electron chi connectivity index (χ2n) is 5.38. The zero-order chi connectivity index (χ0) is 16.7. The molecule has 0 aliphatic rings. The molecule has 124 valence electrons. The van der Waals surface area contributed by atoms with E-state index < -0.39 is 0 Å². The number of nitrogens with zero attached hydrogens (tertiary/aromatic N) is 2. The molecule has 2 rings (SSSR count). The molecule has 1 heterocycles. The van der Waals surface area contributed by atoms with Crippen molar-refractivity contribution in [2.45, 2.75) is 26.2 Å². The van der Waals surface area contributed by atoms with Gasteiger partial charge >= 0.3 is 0 Å². The summed E-state index contributed by atoms with van der Waals surface area (Å²) < 4.78 is 5.25. The van der Waals surface area contributed by atoms with Gasteiger partial charge in [-0.3, -0.25) is 0 Å². The van der Waals surface area contributed by atoms with Gasteiger partial charge < -0.3 is 20.9 Å². The molecule has 1 aromatic heterocycles. The fourth-order valence-corrected chi connectivity index (χ4v) is 2.50. The molecule has 0 radical (unpaired) electrons. The molecular formula is C17H24N4O2. The van der Waals surface area contributed by atoms with Gasteiger partial charge in [0.25, 0.3) is 0 Å². The molecule has 0 unspecified atom stereocenters. The van der Waals surface area contributed by atoms with Gasteiger partial charge in [-0.15, -0.1) is 0 Å². The third kappa shape index (κ3) is 4.56. The predicted octanol–water partition coefficient (Wildman–Crippen LogP) is 2.94. The Morgan fingerprint density at radius 1 is 1.35 bits per heavy atom. The van der Waals surface area contributed by atoms with E-state index in [0.29, 0.717) is 11.7 Å². The average molecular weight is 316 g/mol. The SMILES string of the molecule is CCC[C@H](/C=C/Nc1nc(N)nc2ccc(OC)cc12)CCO. The number of aliphatic hydroxyl groups is 1. The quantitative estimate of drug-likeness (QED) is 0.693. The number of aliphatic hydroxyl groups excluding tert-OH is 1. The Balaban J connectivity index is 2.24. The van der Waals surface area contributed by atoms with Gasteiger partial charge in [0.05, 0.1) is 12.6 Å². The molecule has 0 saturated heterocycles. The van der Waals surface area contributed by atoms with Crippen LogP contribution in [0, 0.1) is 5.92 Å². The summed E-state index contributed by atoms with van der Waals surface area (Å²) in [6.07, 6.45) is 6.79. The molecule has 0 spiro atoms. The maximum Gasteiger partial charge on any atom is 0.222 e. The number of allylic oxidation sites excluding steroid dienone is 1. The van der Waals surface area contributed by atoms with Crippen LogP contribution in [0.5, 0.6) is 5.75 Å². The summed E-state index contributed by atoms with van der Waals surface area (Å²) in [5.74, 6) is 1.94. The van der Waals surface area contributed by atoms with Crippen molar-refractivity contribution in [2.24, 2.45) is 5.92 Å². The zero-order valence-corrected chi connectivity index (χ0v) is 13.6. The molecule has 4 N–H and O–H groups in total. The Morgan fingerprint density at radius 2 is 2.17 bits per heavy atom. The van der Waals surface area contributed by atoms with E-state index in [1.807, 2.05) is 24.4 Å². The molecule has 0 bridgehead atoms. The number of rotatable bonds is 8. The first-order chi connectivity index (χ1) is 11.2. The van der Waals surface area contributed by atoms with E-state index in [4.69, 9.17) is 15.6 Å². The van der Waals surface area contributed by atoms with Gasteiger partial charge in [-0.05, 0) is 43.2 Å². The number of hydrogen-bond donors (Lipinski definition) is 3. The first-order valence-electron chi connectivity index (χ1n) is 7.83. The number of methoxy groups -OCH3 is 1. The van der Waals surface area contributed by atoms with Crippen molar-refractivity contribution in [3.05, 3.63) is 30.5 Å². The smallest absolute Gasteiger partial charge is 0.222 e. The molecule has 23 heavy (non-hydrogen) atoms. The van der Waals surface area contributed by atoms with Crippen LogP contribution in [0.3, 0.4) is 0 Å². The molecule has 0 aliphatic heterocycles. The number of nitrogen functional groups attached to an aromatic ring is 1. The lowest BCUT2D eigenvalue weighted by molar-refractivity contribution is 0.266. The zero-order valence-electron chi connectivity index (χ0n) is 13.6. The summed E-state index contributed by atoms with van der Waals surface area (Å²) in [5.41, 5.74) is 6.53. The van der Waals surface area contributed by atoms with Gasteiger partial charge in [0, 0.05) is 12.0 Å². The molecule has 0 aliphatic carbocycles. The lowest BCUT2D eigenvalue weighted by atomic mass is 10.0. The first kappa shape index (κ1) is 17.0. The standard InChI is InChI=1S/C17H24N4O2/c1-3-4-12(8-10-22)7-9-19-16-14-11-13(23-2)5-6-15(14)20-17(18)21-16/h5-7,9,11-12,22H,3-4,8,10H2,1-2H3,(H3,18,19,20,21)/b9-7+/t12-/m1/s1. The Morgan fingerprint density at radius 3 is 2.87 bits per heavy atom. The summed E-state index contributed by atoms with van der Waals surface area (Å²) in [4.78, 5) is 8.49. The predicted molar refractivity (Wildman–Crippen MR) is 93.4 cm³/mol. The first-order valence-corrected chi connectivity index (χ1v) is 7.83. The molecule has 1 aromatic carbocycles. The van der Waals surface area contributed by atoms with Crippen LogP contribution in [0.1, 0.15) is 26.2 Å². The second-order valence-corrected chi connectivity index (χ2v) is 5.38. The number of aromatic nitrogens is 2. The van der Waals surface area contributed by atoms with Gasteiger partial charge in [-0.25, -0.2) is 4.98 Å². The van der Waals surface area contributed by atoms with Crippen molar-refractivity contribution >= 4 is 22.7 Å². The Kier molecular flexibility index (Phi) is 6.17. The van der Waals surface area contributed by atoms with Gasteiger partial charge in [0.1, 0.15) is 11.6 Å². The number of fused-ring (bicyclic) bond motifs is 1. The third-order valence-corrected chi connectivity index (χ3v) is 3.67. The molecule has 0 fully saturated rings. The maximum atomic E-state index is 9.11. The number of nitrogens with one attached hydrogen (secondary N) is 1. The van der Waals surface area contributed by atoms with Gasteiger partial charge in [-0.2, -0.15) is 4.98 Å². The van der Waals surface area contributed by atoms with Crippen molar-refractivity contribution in [1.29, 1.82) is 0 Å². The minimum Gasteiger partial charge on any atom is -0.497 e. The summed E-state index contributed by atoms with van der Waals surface area (Å²) in [5, 5.41) is 13.1. The third-order valence-electron chi connectivity index (χ3n) is 3.67. The number of ether oxygens (including phenoxy) is 1.